The number of nitrogens with one attached hydrogen (secondary N) is 1. The van der Waals surface area contributed by atoms with Crippen molar-refractivity contribution in [2.75, 3.05) is 33.4 Å². The molecule has 27 heavy (non-hydrogen) atoms. The predicted molar refractivity (Wildman–Crippen MR) is 112 cm³/mol. The average Bonchev–Trinajstić information content (AvgIpc) is 3.03. The lowest BCUT2D eigenvalue weighted by molar-refractivity contribution is 0.168. The van der Waals surface area contributed by atoms with Crippen molar-refractivity contribution in [3.05, 3.63) is 45.4 Å². The highest BCUT2D eigenvalue weighted by atomic mass is 32.1. The lowest BCUT2D eigenvalue weighted by Gasteiger charge is -2.35. The molecule has 1 aromatic carbocycles. The lowest BCUT2D eigenvalue weighted by Crippen LogP contribution is -2.53. The second kappa shape index (κ2) is 8.09. The molecule has 1 saturated heterocycles. The molecule has 1 atom stereocenters. The van der Waals surface area contributed by atoms with Crippen molar-refractivity contribution in [1.82, 2.24) is 15.2 Å². The van der Waals surface area contributed by atoms with Crippen molar-refractivity contribution >= 4 is 22.9 Å². The van der Waals surface area contributed by atoms with Gasteiger partial charge >= 0.3 is 0 Å². The number of thiazole rings is 1. The summed E-state index contributed by atoms with van der Waals surface area (Å²) in [4.78, 5) is 13.9. The fourth-order valence-corrected chi connectivity index (χ4v) is 4.80. The van der Waals surface area contributed by atoms with Crippen LogP contribution in [0.2, 0.25) is 0 Å². The Balaban J connectivity index is 1.72. The number of amidine groups is 1. The number of piperazine rings is 1. The zero-order chi connectivity index (χ0) is 18.8. The number of para-hydroxylation sites is 1. The summed E-state index contributed by atoms with van der Waals surface area (Å²) in [5, 5.41) is 4.82. The Morgan fingerprint density at radius 2 is 2.19 bits per heavy atom. The molecule has 144 valence electrons. The van der Waals surface area contributed by atoms with E-state index in [1.54, 1.807) is 7.11 Å². The largest absolute Gasteiger partial charge is 0.385 e. The maximum atomic E-state index is 5.28. The molecule has 0 unspecified atom stereocenters. The molecule has 4 rings (SSSR count). The molecular formula is C21H28N4OS. The van der Waals surface area contributed by atoms with Gasteiger partial charge in [0.15, 0.2) is 5.84 Å². The number of hydrogen-bond donors (Lipinski definition) is 1. The van der Waals surface area contributed by atoms with Crippen LogP contribution in [0, 0.1) is 0 Å². The summed E-state index contributed by atoms with van der Waals surface area (Å²) in [6.45, 7) is 8.08. The van der Waals surface area contributed by atoms with Gasteiger partial charge in [-0.25, -0.2) is 9.98 Å². The molecular weight excluding hydrogens is 356 g/mol. The number of ether oxygens (including phenoxy) is 1. The van der Waals surface area contributed by atoms with Crippen molar-refractivity contribution in [3.8, 4) is 0 Å². The first kappa shape index (κ1) is 18.6. The molecule has 5 nitrogen and oxygen atoms in total. The fraction of sp³-hybridized carbons (Fsp3) is 0.524. The highest BCUT2D eigenvalue weighted by Gasteiger charge is 2.29. The van der Waals surface area contributed by atoms with Crippen LogP contribution in [-0.4, -0.2) is 55.1 Å². The van der Waals surface area contributed by atoms with Gasteiger partial charge in [0, 0.05) is 56.6 Å². The Bertz CT molecular complexity index is 829. The smallest absolute Gasteiger partial charge is 0.156 e. The van der Waals surface area contributed by atoms with Gasteiger partial charge in [0.25, 0.3) is 0 Å². The highest BCUT2D eigenvalue weighted by molar-refractivity contribution is 7.12. The van der Waals surface area contributed by atoms with Crippen LogP contribution in [0.25, 0.3) is 0 Å². The van der Waals surface area contributed by atoms with Crippen molar-refractivity contribution < 1.29 is 4.74 Å². The number of aliphatic imine (C=N–C) groups is 1. The molecule has 6 heteroatoms. The highest BCUT2D eigenvalue weighted by Crippen LogP contribution is 2.34. The van der Waals surface area contributed by atoms with Crippen molar-refractivity contribution in [3.63, 3.8) is 0 Å². The number of hydrogen-bond acceptors (Lipinski definition) is 6. The van der Waals surface area contributed by atoms with E-state index in [1.807, 2.05) is 11.3 Å². The number of rotatable bonds is 4. The first-order chi connectivity index (χ1) is 13.2. The summed E-state index contributed by atoms with van der Waals surface area (Å²) in [5.74, 6) is 1.48. The number of benzene rings is 1. The maximum absolute atomic E-state index is 5.28. The minimum atomic E-state index is 0.423. The molecule has 0 amide bonds. The zero-order valence-electron chi connectivity index (χ0n) is 16.4. The summed E-state index contributed by atoms with van der Waals surface area (Å²) >= 11 is 1.85. The third kappa shape index (κ3) is 3.93. The Morgan fingerprint density at radius 1 is 1.33 bits per heavy atom. The fourth-order valence-electron chi connectivity index (χ4n) is 3.71. The minimum absolute atomic E-state index is 0.423. The third-order valence-corrected chi connectivity index (χ3v) is 6.57. The summed E-state index contributed by atoms with van der Waals surface area (Å²) in [5.41, 5.74) is 3.46. The molecule has 1 fully saturated rings. The van der Waals surface area contributed by atoms with Crippen LogP contribution in [0.1, 0.15) is 47.3 Å². The van der Waals surface area contributed by atoms with E-state index in [9.17, 15) is 0 Å². The first-order valence-electron chi connectivity index (χ1n) is 9.79. The lowest BCUT2D eigenvalue weighted by atomic mass is 10.1. The number of methoxy groups -OCH3 is 1. The second-order valence-electron chi connectivity index (χ2n) is 7.60. The van der Waals surface area contributed by atoms with Gasteiger partial charge in [-0.05, 0) is 18.1 Å². The molecule has 2 aliphatic heterocycles. The molecule has 2 aromatic rings. The number of nitrogens with zero attached hydrogens (tertiary/aromatic N) is 3. The standard InChI is InChI=1S/C21H28N4OS/c1-14(2)21-24-19-18(27-21)12-15-6-4-5-7-17(15)23-20(19)25-10-9-22-16(13-25)8-11-26-3/h4-7,14,16,22H,8-13H2,1-3H3/t16-/m0/s1. The Labute approximate surface area is 165 Å². The number of fused-ring (bicyclic) bond motifs is 2. The van der Waals surface area contributed by atoms with Gasteiger partial charge in [-0.3, -0.25) is 0 Å². The zero-order valence-corrected chi connectivity index (χ0v) is 17.2. The van der Waals surface area contributed by atoms with Crippen molar-refractivity contribution in [2.24, 2.45) is 4.99 Å². The monoisotopic (exact) mass is 384 g/mol. The van der Waals surface area contributed by atoms with Crippen LogP contribution in [0.4, 0.5) is 5.69 Å². The minimum Gasteiger partial charge on any atom is -0.385 e. The molecule has 0 radical (unpaired) electrons. The third-order valence-electron chi connectivity index (χ3n) is 5.21. The molecule has 2 aliphatic rings. The molecule has 0 spiro atoms. The first-order valence-corrected chi connectivity index (χ1v) is 10.6. The van der Waals surface area contributed by atoms with Gasteiger partial charge in [-0.1, -0.05) is 32.0 Å². The van der Waals surface area contributed by atoms with Crippen LogP contribution in [0.3, 0.4) is 0 Å². The Kier molecular flexibility index (Phi) is 5.57. The van der Waals surface area contributed by atoms with Crippen LogP contribution in [0.5, 0.6) is 0 Å². The Morgan fingerprint density at radius 3 is 3.00 bits per heavy atom. The average molecular weight is 385 g/mol. The van der Waals surface area contributed by atoms with E-state index < -0.39 is 0 Å². The van der Waals surface area contributed by atoms with Gasteiger partial charge in [-0.2, -0.15) is 0 Å². The van der Waals surface area contributed by atoms with E-state index in [4.69, 9.17) is 14.7 Å². The van der Waals surface area contributed by atoms with Crippen LogP contribution < -0.4 is 5.32 Å². The van der Waals surface area contributed by atoms with Crippen LogP contribution in [0.15, 0.2) is 29.3 Å². The normalized spacial score (nSPS) is 19.5. The molecule has 3 heterocycles. The Hall–Kier alpha value is -1.76. The molecule has 1 N–H and O–H groups in total. The molecule has 0 bridgehead atoms. The van der Waals surface area contributed by atoms with E-state index in [1.165, 1.54) is 15.4 Å². The summed E-state index contributed by atoms with van der Waals surface area (Å²) < 4.78 is 5.28. The van der Waals surface area contributed by atoms with Gasteiger partial charge in [0.05, 0.1) is 10.7 Å². The van der Waals surface area contributed by atoms with E-state index >= 15 is 0 Å². The van der Waals surface area contributed by atoms with Crippen molar-refractivity contribution in [2.45, 2.75) is 38.6 Å². The molecule has 0 saturated carbocycles. The summed E-state index contributed by atoms with van der Waals surface area (Å²) in [6.07, 6.45) is 1.93. The summed E-state index contributed by atoms with van der Waals surface area (Å²) in [7, 11) is 1.77. The molecule has 1 aromatic heterocycles. The quantitative estimate of drug-likeness (QED) is 0.876. The topological polar surface area (TPSA) is 49.8 Å². The van der Waals surface area contributed by atoms with E-state index in [2.05, 4.69) is 48.3 Å². The SMILES string of the molecule is COCC[C@H]1CN(C2=Nc3ccccc3Cc3sc(C(C)C)nc32)CCN1. The second-order valence-corrected chi connectivity index (χ2v) is 8.71. The summed E-state index contributed by atoms with van der Waals surface area (Å²) in [6, 6.07) is 8.92. The van der Waals surface area contributed by atoms with Gasteiger partial charge < -0.3 is 15.0 Å². The predicted octanol–water partition coefficient (Wildman–Crippen LogP) is 3.56. The van der Waals surface area contributed by atoms with Gasteiger partial charge in [0.2, 0.25) is 0 Å². The van der Waals surface area contributed by atoms with Gasteiger partial charge in [0.1, 0.15) is 5.69 Å². The molecule has 0 aliphatic carbocycles. The van der Waals surface area contributed by atoms with Crippen LogP contribution >= 0.6 is 11.3 Å². The number of aromatic nitrogens is 1. The van der Waals surface area contributed by atoms with E-state index in [-0.39, 0.29) is 0 Å². The van der Waals surface area contributed by atoms with E-state index in [0.717, 1.165) is 56.3 Å². The van der Waals surface area contributed by atoms with E-state index in [0.29, 0.717) is 12.0 Å². The van der Waals surface area contributed by atoms with Crippen LogP contribution in [-0.2, 0) is 11.2 Å². The maximum Gasteiger partial charge on any atom is 0.156 e. The van der Waals surface area contributed by atoms with Crippen molar-refractivity contribution in [1.29, 1.82) is 0 Å². The van der Waals surface area contributed by atoms with Gasteiger partial charge in [-0.15, -0.1) is 11.3 Å².